The Kier molecular flexibility index (Phi) is 5.67. The highest BCUT2D eigenvalue weighted by Crippen LogP contribution is 2.20. The largest absolute Gasteiger partial charge is 0.396 e. The first-order valence-corrected chi connectivity index (χ1v) is 5.86. The molecular weight excluding hydrogens is 232 g/mol. The number of anilines is 3. The molecule has 0 aliphatic heterocycles. The van der Waals surface area contributed by atoms with E-state index in [2.05, 4.69) is 16.8 Å². The first-order valence-electron chi connectivity index (χ1n) is 5.86. The smallest absolute Gasteiger partial charge is 0.149 e. The molecule has 1 aromatic heterocycles. The summed E-state index contributed by atoms with van der Waals surface area (Å²) < 4.78 is 10.3. The van der Waals surface area contributed by atoms with Crippen LogP contribution in [0.2, 0.25) is 0 Å². The molecule has 0 radical (unpaired) electrons. The number of hydrogen-bond acceptors (Lipinski definition) is 6. The monoisotopic (exact) mass is 254 g/mol. The summed E-state index contributed by atoms with van der Waals surface area (Å²) in [6, 6.07) is 3.80. The van der Waals surface area contributed by atoms with Crippen molar-refractivity contribution in [3.63, 3.8) is 0 Å². The van der Waals surface area contributed by atoms with Crippen LogP contribution >= 0.6 is 0 Å². The molecule has 0 spiro atoms. The molecule has 6 heteroatoms. The second-order valence-electron chi connectivity index (χ2n) is 4.13. The maximum absolute atomic E-state index is 5.74. The lowest BCUT2D eigenvalue weighted by Crippen LogP contribution is -2.39. The molecule has 0 fully saturated rings. The van der Waals surface area contributed by atoms with Gasteiger partial charge in [0.25, 0.3) is 0 Å². The van der Waals surface area contributed by atoms with Gasteiger partial charge in [0.05, 0.1) is 24.9 Å². The predicted molar refractivity (Wildman–Crippen MR) is 73.6 cm³/mol. The first-order chi connectivity index (χ1) is 8.60. The molecule has 1 unspecified atom stereocenters. The lowest BCUT2D eigenvalue weighted by Gasteiger charge is -2.30. The van der Waals surface area contributed by atoms with Crippen LogP contribution in [0.4, 0.5) is 17.3 Å². The highest BCUT2D eigenvalue weighted by atomic mass is 16.5. The number of nitrogens with two attached hydrogens (primary N) is 2. The van der Waals surface area contributed by atoms with Crippen molar-refractivity contribution in [1.29, 1.82) is 0 Å². The number of aromatic nitrogens is 1. The van der Waals surface area contributed by atoms with Crippen LogP contribution in [0.5, 0.6) is 0 Å². The normalized spacial score (nSPS) is 12.4. The zero-order chi connectivity index (χ0) is 13.5. The van der Waals surface area contributed by atoms with E-state index < -0.39 is 0 Å². The topological polar surface area (TPSA) is 86.6 Å². The summed E-state index contributed by atoms with van der Waals surface area (Å²) in [7, 11) is 3.35. The minimum absolute atomic E-state index is 0.181. The van der Waals surface area contributed by atoms with Gasteiger partial charge in [0.2, 0.25) is 0 Å². The molecule has 6 nitrogen and oxygen atoms in total. The van der Waals surface area contributed by atoms with E-state index in [9.17, 15) is 0 Å². The minimum Gasteiger partial charge on any atom is -0.396 e. The molecule has 0 amide bonds. The van der Waals surface area contributed by atoms with Gasteiger partial charge in [0.1, 0.15) is 11.6 Å². The van der Waals surface area contributed by atoms with Crippen LogP contribution in [0.1, 0.15) is 6.92 Å². The van der Waals surface area contributed by atoms with Crippen LogP contribution in [0.3, 0.4) is 0 Å². The summed E-state index contributed by atoms with van der Waals surface area (Å²) in [6.45, 7) is 4.00. The van der Waals surface area contributed by atoms with Crippen molar-refractivity contribution >= 4 is 17.3 Å². The zero-order valence-corrected chi connectivity index (χ0v) is 11.2. The minimum atomic E-state index is 0.181. The van der Waals surface area contributed by atoms with E-state index in [1.165, 1.54) is 0 Å². The molecule has 0 saturated heterocycles. The van der Waals surface area contributed by atoms with Gasteiger partial charge in [-0.3, -0.25) is 0 Å². The van der Waals surface area contributed by atoms with Crippen molar-refractivity contribution in [2.75, 3.05) is 50.3 Å². The SMILES string of the molecule is COCCN(c1ccc(N)c(N)n1)C(C)COC. The summed E-state index contributed by atoms with van der Waals surface area (Å²) in [4.78, 5) is 6.38. The van der Waals surface area contributed by atoms with Gasteiger partial charge in [-0.25, -0.2) is 4.98 Å². The van der Waals surface area contributed by atoms with Gasteiger partial charge in [-0.15, -0.1) is 0 Å². The van der Waals surface area contributed by atoms with Crippen LogP contribution in [0.15, 0.2) is 12.1 Å². The second-order valence-corrected chi connectivity index (χ2v) is 4.13. The number of ether oxygens (including phenoxy) is 2. The average molecular weight is 254 g/mol. The molecular formula is C12H22N4O2. The van der Waals surface area contributed by atoms with Gasteiger partial charge in [0.15, 0.2) is 0 Å². The molecule has 1 aromatic rings. The zero-order valence-electron chi connectivity index (χ0n) is 11.2. The van der Waals surface area contributed by atoms with E-state index in [1.54, 1.807) is 20.3 Å². The Morgan fingerprint density at radius 2 is 2.00 bits per heavy atom. The van der Waals surface area contributed by atoms with Gasteiger partial charge >= 0.3 is 0 Å². The van der Waals surface area contributed by atoms with E-state index in [1.807, 2.05) is 6.07 Å². The van der Waals surface area contributed by atoms with Crippen LogP contribution in [-0.4, -0.2) is 45.0 Å². The quantitative estimate of drug-likeness (QED) is 0.746. The van der Waals surface area contributed by atoms with Crippen molar-refractivity contribution in [3.8, 4) is 0 Å². The van der Waals surface area contributed by atoms with Crippen molar-refractivity contribution < 1.29 is 9.47 Å². The van der Waals surface area contributed by atoms with Crippen molar-refractivity contribution in [3.05, 3.63) is 12.1 Å². The van der Waals surface area contributed by atoms with E-state index in [-0.39, 0.29) is 6.04 Å². The van der Waals surface area contributed by atoms with Gasteiger partial charge < -0.3 is 25.8 Å². The van der Waals surface area contributed by atoms with Gasteiger partial charge in [-0.05, 0) is 19.1 Å². The number of nitrogens with zero attached hydrogens (tertiary/aromatic N) is 2. The Morgan fingerprint density at radius 1 is 1.28 bits per heavy atom. The molecule has 0 bridgehead atoms. The molecule has 102 valence electrons. The Bertz CT molecular complexity index is 373. The molecule has 0 aromatic carbocycles. The lowest BCUT2D eigenvalue weighted by atomic mass is 10.2. The second kappa shape index (κ2) is 7.03. The third-order valence-electron chi connectivity index (χ3n) is 2.71. The number of methoxy groups -OCH3 is 2. The third kappa shape index (κ3) is 3.75. The molecule has 1 rings (SSSR count). The highest BCUT2D eigenvalue weighted by Gasteiger charge is 2.16. The predicted octanol–water partition coefficient (Wildman–Crippen LogP) is 0.734. The first kappa shape index (κ1) is 14.5. The van der Waals surface area contributed by atoms with Gasteiger partial charge in [-0.2, -0.15) is 0 Å². The van der Waals surface area contributed by atoms with Gasteiger partial charge in [-0.1, -0.05) is 0 Å². The number of pyridine rings is 1. The Morgan fingerprint density at radius 3 is 2.56 bits per heavy atom. The highest BCUT2D eigenvalue weighted by molar-refractivity contribution is 5.62. The van der Waals surface area contributed by atoms with Crippen molar-refractivity contribution in [2.24, 2.45) is 0 Å². The number of nitrogen functional groups attached to an aromatic ring is 2. The van der Waals surface area contributed by atoms with E-state index in [0.717, 1.165) is 12.4 Å². The average Bonchev–Trinajstić information content (AvgIpc) is 2.34. The Hall–Kier alpha value is -1.53. The van der Waals surface area contributed by atoms with E-state index >= 15 is 0 Å². The summed E-state index contributed by atoms with van der Waals surface area (Å²) in [5.74, 6) is 1.13. The summed E-state index contributed by atoms with van der Waals surface area (Å²) >= 11 is 0. The molecule has 0 aliphatic carbocycles. The fourth-order valence-corrected chi connectivity index (χ4v) is 1.72. The maximum atomic E-state index is 5.74. The lowest BCUT2D eigenvalue weighted by molar-refractivity contribution is 0.170. The number of hydrogen-bond donors (Lipinski definition) is 2. The fraction of sp³-hybridized carbons (Fsp3) is 0.583. The molecule has 0 saturated carbocycles. The molecule has 1 heterocycles. The Labute approximate surface area is 108 Å². The molecule has 4 N–H and O–H groups in total. The summed E-state index contributed by atoms with van der Waals surface area (Å²) in [6.07, 6.45) is 0. The van der Waals surface area contributed by atoms with Crippen LogP contribution in [0, 0.1) is 0 Å². The molecule has 0 aliphatic rings. The van der Waals surface area contributed by atoms with Crippen LogP contribution in [-0.2, 0) is 9.47 Å². The standard InChI is InChI=1S/C12H22N4O2/c1-9(8-18-3)16(6-7-17-2)11-5-4-10(13)12(14)15-11/h4-5,9H,6-8,13H2,1-3H3,(H2,14,15). The fourth-order valence-electron chi connectivity index (χ4n) is 1.72. The van der Waals surface area contributed by atoms with Crippen molar-refractivity contribution in [2.45, 2.75) is 13.0 Å². The summed E-state index contributed by atoms with van der Waals surface area (Å²) in [5.41, 5.74) is 11.9. The number of rotatable bonds is 7. The van der Waals surface area contributed by atoms with Crippen molar-refractivity contribution in [1.82, 2.24) is 4.98 Å². The molecule has 18 heavy (non-hydrogen) atoms. The Balaban J connectivity index is 2.89. The maximum Gasteiger partial charge on any atom is 0.149 e. The van der Waals surface area contributed by atoms with E-state index in [4.69, 9.17) is 20.9 Å². The van der Waals surface area contributed by atoms with E-state index in [0.29, 0.717) is 24.7 Å². The van der Waals surface area contributed by atoms with Gasteiger partial charge in [0, 0.05) is 20.8 Å². The summed E-state index contributed by atoms with van der Waals surface area (Å²) in [5, 5.41) is 0. The van der Waals surface area contributed by atoms with Crippen LogP contribution < -0.4 is 16.4 Å². The third-order valence-corrected chi connectivity index (χ3v) is 2.71. The molecule has 1 atom stereocenters. The van der Waals surface area contributed by atoms with Crippen LogP contribution in [0.25, 0.3) is 0 Å².